The molecule has 1 heterocycles. The molecule has 2 N–H and O–H groups in total. The van der Waals surface area contributed by atoms with Gasteiger partial charge in [-0.3, -0.25) is 4.79 Å². The Hall–Kier alpha value is -0.810. The average molecular weight is 226 g/mol. The molecule has 1 aliphatic rings. The van der Waals surface area contributed by atoms with E-state index < -0.39 is 0 Å². The quantitative estimate of drug-likeness (QED) is 0.596. The Morgan fingerprint density at radius 3 is 3.07 bits per heavy atom. The van der Waals surface area contributed by atoms with Crippen molar-refractivity contribution < 1.29 is 5.11 Å². The largest absolute Gasteiger partial charge is 0.395 e. The Labute approximate surface area is 92.1 Å². The fourth-order valence-electron chi connectivity index (χ4n) is 1.31. The summed E-state index contributed by atoms with van der Waals surface area (Å²) in [6.07, 6.45) is 2.24. The third-order valence-electron chi connectivity index (χ3n) is 2.28. The maximum Gasteiger partial charge on any atom is 0.251 e. The van der Waals surface area contributed by atoms with Crippen LogP contribution in [0.3, 0.4) is 0 Å². The minimum absolute atomic E-state index is 0.0753. The molecule has 1 unspecified atom stereocenters. The third-order valence-corrected chi connectivity index (χ3v) is 3.28. The van der Waals surface area contributed by atoms with E-state index in [-0.39, 0.29) is 17.4 Å². The predicted octanol–water partition coefficient (Wildman–Crippen LogP) is 1.12. The molecule has 0 saturated heterocycles. The highest BCUT2D eigenvalue weighted by Crippen LogP contribution is 2.38. The summed E-state index contributed by atoms with van der Waals surface area (Å²) >= 11 is 1.44. The van der Waals surface area contributed by atoms with E-state index in [4.69, 9.17) is 5.11 Å². The molecule has 82 valence electrons. The van der Waals surface area contributed by atoms with Gasteiger partial charge in [-0.2, -0.15) is 0 Å². The van der Waals surface area contributed by atoms with Gasteiger partial charge in [-0.05, 0) is 12.8 Å². The predicted molar refractivity (Wildman–Crippen MR) is 59.2 cm³/mol. The van der Waals surface area contributed by atoms with Crippen molar-refractivity contribution in [1.82, 2.24) is 9.97 Å². The van der Waals surface area contributed by atoms with Crippen molar-refractivity contribution in [2.24, 2.45) is 0 Å². The van der Waals surface area contributed by atoms with Crippen LogP contribution in [0.4, 0.5) is 0 Å². The minimum atomic E-state index is -0.0976. The number of aromatic amines is 1. The molecule has 1 aromatic rings. The lowest BCUT2D eigenvalue weighted by molar-refractivity contribution is 0.300. The lowest BCUT2D eigenvalue weighted by Crippen LogP contribution is -2.11. The Kier molecular flexibility index (Phi) is 3.11. The van der Waals surface area contributed by atoms with Crippen molar-refractivity contribution in [3.05, 3.63) is 22.2 Å². The summed E-state index contributed by atoms with van der Waals surface area (Å²) in [4.78, 5) is 18.5. The van der Waals surface area contributed by atoms with Gasteiger partial charge in [-0.25, -0.2) is 4.98 Å². The summed E-state index contributed by atoms with van der Waals surface area (Å²) in [5.41, 5.74) is -0.0976. The van der Waals surface area contributed by atoms with Crippen molar-refractivity contribution in [3.8, 4) is 0 Å². The highest BCUT2D eigenvalue weighted by atomic mass is 32.2. The molecule has 1 fully saturated rings. The first-order chi connectivity index (χ1) is 7.19. The lowest BCUT2D eigenvalue weighted by atomic mass is 10.4. The maximum absolute atomic E-state index is 11.3. The average Bonchev–Trinajstić information content (AvgIpc) is 2.99. The summed E-state index contributed by atoms with van der Waals surface area (Å²) in [7, 11) is 0. The topological polar surface area (TPSA) is 66.0 Å². The van der Waals surface area contributed by atoms with Crippen molar-refractivity contribution in [2.75, 3.05) is 6.61 Å². The van der Waals surface area contributed by atoms with Gasteiger partial charge in [-0.1, -0.05) is 6.92 Å². The molecule has 0 aliphatic heterocycles. The molecule has 4 nitrogen and oxygen atoms in total. The Bertz CT molecular complexity index is 401. The van der Waals surface area contributed by atoms with Crippen LogP contribution in [-0.2, 0) is 0 Å². The van der Waals surface area contributed by atoms with E-state index in [2.05, 4.69) is 9.97 Å². The number of hydrogen-bond acceptors (Lipinski definition) is 4. The fraction of sp³-hybridized carbons (Fsp3) is 0.600. The smallest absolute Gasteiger partial charge is 0.251 e. The van der Waals surface area contributed by atoms with Gasteiger partial charge in [0.15, 0.2) is 0 Å². The number of hydrogen-bond donors (Lipinski definition) is 2. The van der Waals surface area contributed by atoms with Gasteiger partial charge in [0.05, 0.1) is 6.61 Å². The summed E-state index contributed by atoms with van der Waals surface area (Å²) in [6, 6.07) is 1.49. The minimum Gasteiger partial charge on any atom is -0.395 e. The van der Waals surface area contributed by atoms with Crippen molar-refractivity contribution in [1.29, 1.82) is 0 Å². The van der Waals surface area contributed by atoms with Crippen LogP contribution >= 0.6 is 11.8 Å². The molecule has 0 bridgehead atoms. The van der Waals surface area contributed by atoms with E-state index in [0.29, 0.717) is 10.9 Å². The van der Waals surface area contributed by atoms with Gasteiger partial charge in [0.2, 0.25) is 0 Å². The molecule has 0 aromatic carbocycles. The molecule has 1 aromatic heterocycles. The van der Waals surface area contributed by atoms with Gasteiger partial charge in [0.1, 0.15) is 10.9 Å². The highest BCUT2D eigenvalue weighted by molar-refractivity contribution is 7.99. The van der Waals surface area contributed by atoms with Gasteiger partial charge >= 0.3 is 0 Å². The second kappa shape index (κ2) is 4.37. The Morgan fingerprint density at radius 1 is 1.73 bits per heavy atom. The van der Waals surface area contributed by atoms with E-state index >= 15 is 0 Å². The van der Waals surface area contributed by atoms with E-state index in [0.717, 1.165) is 18.7 Å². The van der Waals surface area contributed by atoms with Crippen molar-refractivity contribution >= 4 is 11.8 Å². The molecule has 0 spiro atoms. The first-order valence-electron chi connectivity index (χ1n) is 5.08. The van der Waals surface area contributed by atoms with Gasteiger partial charge in [0.25, 0.3) is 5.56 Å². The summed E-state index contributed by atoms with van der Waals surface area (Å²) in [6.45, 7) is 2.00. The molecular weight excluding hydrogens is 212 g/mol. The molecule has 1 saturated carbocycles. The molecular formula is C10H14N2O2S. The summed E-state index contributed by atoms with van der Waals surface area (Å²) in [5.74, 6) is 1.25. The molecule has 0 radical (unpaired) electrons. The van der Waals surface area contributed by atoms with Crippen molar-refractivity contribution in [3.63, 3.8) is 0 Å². The van der Waals surface area contributed by atoms with E-state index in [9.17, 15) is 4.79 Å². The van der Waals surface area contributed by atoms with Gasteiger partial charge < -0.3 is 10.1 Å². The molecule has 2 rings (SSSR count). The van der Waals surface area contributed by atoms with E-state index in [1.807, 2.05) is 6.92 Å². The third kappa shape index (κ3) is 2.82. The molecule has 1 aliphatic carbocycles. The number of H-pyrrole nitrogens is 1. The zero-order valence-corrected chi connectivity index (χ0v) is 9.38. The number of aliphatic hydroxyl groups is 1. The molecule has 15 heavy (non-hydrogen) atoms. The monoisotopic (exact) mass is 226 g/mol. The van der Waals surface area contributed by atoms with E-state index in [1.54, 1.807) is 0 Å². The maximum atomic E-state index is 11.3. The summed E-state index contributed by atoms with van der Waals surface area (Å²) in [5, 5.41) is 9.71. The lowest BCUT2D eigenvalue weighted by Gasteiger charge is -2.07. The number of aromatic nitrogens is 2. The second-order valence-electron chi connectivity index (χ2n) is 3.85. The van der Waals surface area contributed by atoms with Crippen LogP contribution in [0.5, 0.6) is 0 Å². The first kappa shape index (κ1) is 10.7. The number of nitrogens with zero attached hydrogens (tertiary/aromatic N) is 1. The first-order valence-corrected chi connectivity index (χ1v) is 5.96. The van der Waals surface area contributed by atoms with E-state index in [1.165, 1.54) is 17.8 Å². The van der Waals surface area contributed by atoms with Crippen molar-refractivity contribution in [2.45, 2.75) is 36.0 Å². The second-order valence-corrected chi connectivity index (χ2v) is 5.31. The van der Waals surface area contributed by atoms with Crippen LogP contribution in [0, 0.1) is 0 Å². The Morgan fingerprint density at radius 2 is 2.47 bits per heavy atom. The van der Waals surface area contributed by atoms with Gasteiger partial charge in [0, 0.05) is 17.2 Å². The van der Waals surface area contributed by atoms with Crippen LogP contribution in [-0.4, -0.2) is 26.9 Å². The van der Waals surface area contributed by atoms with Gasteiger partial charge in [-0.15, -0.1) is 11.8 Å². The van der Waals surface area contributed by atoms with Crippen LogP contribution in [0.2, 0.25) is 0 Å². The van der Waals surface area contributed by atoms with Crippen LogP contribution < -0.4 is 5.56 Å². The number of nitrogens with one attached hydrogen (secondary N) is 1. The molecule has 5 heteroatoms. The zero-order chi connectivity index (χ0) is 10.8. The fourth-order valence-corrected chi connectivity index (χ4v) is 2.12. The standard InChI is InChI=1S/C10H14N2O2S/c1-6(5-13)15-9-4-8(14)11-10(12-9)7-2-3-7/h4,6-7,13H,2-3,5H2,1H3,(H,11,12,14). The van der Waals surface area contributed by atoms with Crippen LogP contribution in [0.25, 0.3) is 0 Å². The number of aliphatic hydroxyl groups excluding tert-OH is 1. The normalized spacial score (nSPS) is 17.7. The zero-order valence-electron chi connectivity index (χ0n) is 8.56. The molecule has 0 amide bonds. The summed E-state index contributed by atoms with van der Waals surface area (Å²) < 4.78 is 0. The van der Waals surface area contributed by atoms with Crippen LogP contribution in [0.15, 0.2) is 15.9 Å². The molecule has 1 atom stereocenters. The highest BCUT2D eigenvalue weighted by Gasteiger charge is 2.26. The SMILES string of the molecule is CC(CO)Sc1cc(=O)[nH]c(C2CC2)n1. The Balaban J connectivity index is 2.19. The number of rotatable bonds is 4. The number of thioether (sulfide) groups is 1. The van der Waals surface area contributed by atoms with Crippen LogP contribution in [0.1, 0.15) is 31.5 Å².